The van der Waals surface area contributed by atoms with Gasteiger partial charge in [0.2, 0.25) is 0 Å². The minimum absolute atomic E-state index is 0.134. The summed E-state index contributed by atoms with van der Waals surface area (Å²) in [4.78, 5) is 11.6. The van der Waals surface area contributed by atoms with Gasteiger partial charge in [0.05, 0.1) is 12.8 Å². The van der Waals surface area contributed by atoms with E-state index in [1.165, 1.54) is 4.68 Å². The van der Waals surface area contributed by atoms with E-state index >= 15 is 0 Å². The maximum absolute atomic E-state index is 11.6. The molecule has 0 saturated carbocycles. The van der Waals surface area contributed by atoms with Crippen LogP contribution in [0.4, 0.5) is 0 Å². The maximum atomic E-state index is 11.6. The molecule has 0 atom stereocenters. The average Bonchev–Trinajstić information content (AvgIpc) is 3.13. The van der Waals surface area contributed by atoms with Gasteiger partial charge >= 0.3 is 5.97 Å². The Morgan fingerprint density at radius 1 is 1.12 bits per heavy atom. The molecule has 0 bridgehead atoms. The normalized spacial score (nSPS) is 12.7. The van der Waals surface area contributed by atoms with Gasteiger partial charge in [-0.2, -0.15) is 0 Å². The zero-order valence-corrected chi connectivity index (χ0v) is 13.9. The first-order chi connectivity index (χ1) is 12.7. The average molecular weight is 353 g/mol. The van der Waals surface area contributed by atoms with Gasteiger partial charge in [-0.05, 0) is 36.4 Å². The Bertz CT molecular complexity index is 965. The van der Waals surface area contributed by atoms with E-state index in [0.29, 0.717) is 47.4 Å². The molecule has 1 aliphatic rings. The number of aromatic carboxylic acids is 1. The van der Waals surface area contributed by atoms with Crippen molar-refractivity contribution in [1.82, 2.24) is 15.0 Å². The van der Waals surface area contributed by atoms with E-state index in [1.807, 2.05) is 0 Å². The molecular weight excluding hydrogens is 338 g/mol. The van der Waals surface area contributed by atoms with Gasteiger partial charge < -0.3 is 19.3 Å². The Balaban J connectivity index is 1.85. The standard InChI is InChI=1S/C18H15N3O5/c1-24-13-5-2-11(3-6-13)17-16(18(22)23)19-20-21(17)12-4-7-14-15(10-12)26-9-8-25-14/h2-7,10H,8-9H2,1H3,(H,22,23). The van der Waals surface area contributed by atoms with Crippen LogP contribution in [-0.2, 0) is 0 Å². The lowest BCUT2D eigenvalue weighted by atomic mass is 10.1. The fraction of sp³-hybridized carbons (Fsp3) is 0.167. The van der Waals surface area contributed by atoms with Crippen LogP contribution >= 0.6 is 0 Å². The Labute approximate surface area is 148 Å². The number of hydrogen-bond acceptors (Lipinski definition) is 6. The molecule has 8 heteroatoms. The lowest BCUT2D eigenvalue weighted by Crippen LogP contribution is -2.15. The molecule has 0 aliphatic carbocycles. The molecule has 8 nitrogen and oxygen atoms in total. The molecule has 0 spiro atoms. The van der Waals surface area contributed by atoms with Gasteiger partial charge in [0.25, 0.3) is 0 Å². The minimum atomic E-state index is -1.15. The topological polar surface area (TPSA) is 95.7 Å². The van der Waals surface area contributed by atoms with Crippen molar-refractivity contribution in [3.8, 4) is 34.2 Å². The van der Waals surface area contributed by atoms with Crippen molar-refractivity contribution in [3.05, 3.63) is 48.2 Å². The zero-order chi connectivity index (χ0) is 18.1. The van der Waals surface area contributed by atoms with Crippen molar-refractivity contribution < 1.29 is 24.1 Å². The van der Waals surface area contributed by atoms with E-state index in [0.717, 1.165) is 0 Å². The van der Waals surface area contributed by atoms with E-state index in [1.54, 1.807) is 49.6 Å². The highest BCUT2D eigenvalue weighted by molar-refractivity contribution is 5.93. The summed E-state index contributed by atoms with van der Waals surface area (Å²) >= 11 is 0. The van der Waals surface area contributed by atoms with Crippen LogP contribution in [-0.4, -0.2) is 46.4 Å². The van der Waals surface area contributed by atoms with Crippen LogP contribution in [0.1, 0.15) is 10.5 Å². The summed E-state index contributed by atoms with van der Waals surface area (Å²) in [7, 11) is 1.57. The monoisotopic (exact) mass is 353 g/mol. The van der Waals surface area contributed by atoms with Crippen LogP contribution < -0.4 is 14.2 Å². The first-order valence-corrected chi connectivity index (χ1v) is 7.91. The molecule has 1 aliphatic heterocycles. The third kappa shape index (κ3) is 2.71. The second-order valence-corrected chi connectivity index (χ2v) is 5.56. The predicted octanol–water partition coefficient (Wildman–Crippen LogP) is 2.41. The number of carbonyl (C=O) groups is 1. The second-order valence-electron chi connectivity index (χ2n) is 5.56. The lowest BCUT2D eigenvalue weighted by molar-refractivity contribution is 0.0691. The van der Waals surface area contributed by atoms with Crippen molar-refractivity contribution in [2.75, 3.05) is 20.3 Å². The highest BCUT2D eigenvalue weighted by Gasteiger charge is 2.23. The first-order valence-electron chi connectivity index (χ1n) is 7.91. The molecule has 1 aromatic heterocycles. The molecule has 2 heterocycles. The lowest BCUT2D eigenvalue weighted by Gasteiger charge is -2.19. The number of fused-ring (bicyclic) bond motifs is 1. The number of aromatic nitrogens is 3. The molecule has 0 saturated heterocycles. The molecule has 0 amide bonds. The summed E-state index contributed by atoms with van der Waals surface area (Å²) < 4.78 is 17.7. The number of hydrogen-bond donors (Lipinski definition) is 1. The minimum Gasteiger partial charge on any atom is -0.497 e. The van der Waals surface area contributed by atoms with Gasteiger partial charge in [0.1, 0.15) is 24.7 Å². The molecule has 0 radical (unpaired) electrons. The highest BCUT2D eigenvalue weighted by Crippen LogP contribution is 2.34. The Morgan fingerprint density at radius 3 is 2.54 bits per heavy atom. The first kappa shape index (κ1) is 15.9. The number of rotatable bonds is 4. The van der Waals surface area contributed by atoms with Crippen LogP contribution in [0.5, 0.6) is 17.2 Å². The maximum Gasteiger partial charge on any atom is 0.358 e. The second kappa shape index (κ2) is 6.40. The predicted molar refractivity (Wildman–Crippen MR) is 91.3 cm³/mol. The summed E-state index contributed by atoms with van der Waals surface area (Å²) in [6, 6.07) is 12.3. The van der Waals surface area contributed by atoms with Crippen molar-refractivity contribution in [1.29, 1.82) is 0 Å². The van der Waals surface area contributed by atoms with Crippen LogP contribution in [0.3, 0.4) is 0 Å². The largest absolute Gasteiger partial charge is 0.497 e. The summed E-state index contributed by atoms with van der Waals surface area (Å²) in [6.07, 6.45) is 0. The van der Waals surface area contributed by atoms with Crippen molar-refractivity contribution in [2.45, 2.75) is 0 Å². The van der Waals surface area contributed by atoms with Crippen LogP contribution in [0.2, 0.25) is 0 Å². The zero-order valence-electron chi connectivity index (χ0n) is 13.9. The van der Waals surface area contributed by atoms with Gasteiger partial charge in [-0.25, -0.2) is 9.48 Å². The number of ether oxygens (including phenoxy) is 3. The van der Waals surface area contributed by atoms with Gasteiger partial charge in [-0.15, -0.1) is 5.10 Å². The Morgan fingerprint density at radius 2 is 1.85 bits per heavy atom. The molecule has 1 N–H and O–H groups in total. The number of methoxy groups -OCH3 is 1. The van der Waals surface area contributed by atoms with Crippen molar-refractivity contribution >= 4 is 5.97 Å². The molecule has 2 aromatic carbocycles. The smallest absolute Gasteiger partial charge is 0.358 e. The highest BCUT2D eigenvalue weighted by atomic mass is 16.6. The third-order valence-electron chi connectivity index (χ3n) is 4.01. The molecule has 26 heavy (non-hydrogen) atoms. The number of nitrogens with zero attached hydrogens (tertiary/aromatic N) is 3. The number of carboxylic acid groups (broad SMARTS) is 1. The Kier molecular flexibility index (Phi) is 3.92. The SMILES string of the molecule is COc1ccc(-c2c(C(=O)O)nnn2-c2ccc3c(c2)OCCO3)cc1. The molecule has 0 unspecified atom stereocenters. The molecule has 132 valence electrons. The van der Waals surface area contributed by atoms with Gasteiger partial charge in [-0.3, -0.25) is 0 Å². The van der Waals surface area contributed by atoms with Gasteiger partial charge in [0, 0.05) is 11.6 Å². The van der Waals surface area contributed by atoms with Crippen molar-refractivity contribution in [2.24, 2.45) is 0 Å². The van der Waals surface area contributed by atoms with E-state index in [4.69, 9.17) is 14.2 Å². The van der Waals surface area contributed by atoms with Crippen LogP contribution in [0.15, 0.2) is 42.5 Å². The van der Waals surface area contributed by atoms with Crippen LogP contribution in [0, 0.1) is 0 Å². The van der Waals surface area contributed by atoms with Gasteiger partial charge in [-0.1, -0.05) is 5.21 Å². The van der Waals surface area contributed by atoms with E-state index < -0.39 is 5.97 Å². The molecule has 4 rings (SSSR count). The van der Waals surface area contributed by atoms with E-state index in [9.17, 15) is 9.90 Å². The number of benzene rings is 2. The summed E-state index contributed by atoms with van der Waals surface area (Å²) in [5, 5.41) is 17.4. The summed E-state index contributed by atoms with van der Waals surface area (Å²) in [5.74, 6) is 0.745. The quantitative estimate of drug-likeness (QED) is 0.769. The fourth-order valence-electron chi connectivity index (χ4n) is 2.78. The van der Waals surface area contributed by atoms with Gasteiger partial charge in [0.15, 0.2) is 17.2 Å². The van der Waals surface area contributed by atoms with Crippen molar-refractivity contribution in [3.63, 3.8) is 0 Å². The molecule has 0 fully saturated rings. The van der Waals surface area contributed by atoms with E-state index in [2.05, 4.69) is 10.3 Å². The molecule has 3 aromatic rings. The summed E-state index contributed by atoms with van der Waals surface area (Å²) in [6.45, 7) is 0.954. The number of carboxylic acids is 1. The Hall–Kier alpha value is -3.55. The van der Waals surface area contributed by atoms with E-state index in [-0.39, 0.29) is 5.69 Å². The molecular formula is C18H15N3O5. The fourth-order valence-corrected chi connectivity index (χ4v) is 2.78. The summed E-state index contributed by atoms with van der Waals surface area (Å²) in [5.41, 5.74) is 1.52. The van der Waals surface area contributed by atoms with Crippen LogP contribution in [0.25, 0.3) is 16.9 Å². The third-order valence-corrected chi connectivity index (χ3v) is 4.01.